The summed E-state index contributed by atoms with van der Waals surface area (Å²) >= 11 is 0. The highest BCUT2D eigenvalue weighted by atomic mass is 16.2. The number of carbonyl (C=O) groups excluding carboxylic acids is 1. The molecule has 51 valence electrons. The van der Waals surface area contributed by atoms with Gasteiger partial charge < -0.3 is 5.73 Å². The summed E-state index contributed by atoms with van der Waals surface area (Å²) in [6.07, 6.45) is 6.61. The highest BCUT2D eigenvalue weighted by Crippen LogP contribution is 1.89. The lowest BCUT2D eigenvalue weighted by Crippen LogP contribution is -2.14. The molecule has 2 amide bonds. The Balaban J connectivity index is 2.67. The number of amides is 2. The first-order valence-electron chi connectivity index (χ1n) is 2.71. The van der Waals surface area contributed by atoms with E-state index in [1.807, 2.05) is 0 Å². The average molecular weight is 136 g/mol. The van der Waals surface area contributed by atoms with Gasteiger partial charge >= 0.3 is 6.03 Å². The van der Waals surface area contributed by atoms with Gasteiger partial charge in [-0.25, -0.2) is 10.1 Å². The summed E-state index contributed by atoms with van der Waals surface area (Å²) in [5.74, 6) is 0.343. The largest absolute Gasteiger partial charge is 0.350 e. The topological polar surface area (TPSA) is 69.6 Å². The monoisotopic (exact) mass is 136 g/mol. The number of aliphatic imine (C=N–C) groups is 1. The first-order valence-corrected chi connectivity index (χ1v) is 2.71. The van der Waals surface area contributed by atoms with Crippen LogP contribution >= 0.6 is 0 Å². The molecule has 0 bridgehead atoms. The van der Waals surface area contributed by atoms with E-state index in [4.69, 9.17) is 5.73 Å². The molecule has 1 rings (SSSR count). The van der Waals surface area contributed by atoms with E-state index >= 15 is 0 Å². The number of amidine groups is 1. The van der Waals surface area contributed by atoms with Crippen LogP contribution in [0.2, 0.25) is 0 Å². The first kappa shape index (κ1) is 6.54. The summed E-state index contributed by atoms with van der Waals surface area (Å²) in [5.41, 5.74) is 4.78. The summed E-state index contributed by atoms with van der Waals surface area (Å²) < 4.78 is 0. The van der Waals surface area contributed by atoms with Crippen molar-refractivity contribution in [1.82, 2.24) is 5.32 Å². The maximum Gasteiger partial charge on any atom is 0.340 e. The van der Waals surface area contributed by atoms with E-state index in [9.17, 15) is 4.79 Å². The van der Waals surface area contributed by atoms with Gasteiger partial charge in [-0.1, -0.05) is 6.08 Å². The van der Waals surface area contributed by atoms with E-state index in [0.29, 0.717) is 5.84 Å². The average Bonchev–Trinajstić information content (AvgIpc) is 1.88. The van der Waals surface area contributed by atoms with Crippen molar-refractivity contribution >= 4 is 11.9 Å². The number of allylic oxidation sites excluding steroid dienone is 2. The Morgan fingerprint density at radius 1 is 1.60 bits per heavy atom. The predicted octanol–water partition coefficient (Wildman–Crippen LogP) is 0.152. The van der Waals surface area contributed by atoms with Gasteiger partial charge in [-0.2, -0.15) is 4.99 Å². The van der Waals surface area contributed by atoms with Crippen LogP contribution < -0.4 is 11.1 Å². The molecule has 0 saturated carbocycles. The third-order valence-electron chi connectivity index (χ3n) is 0.874. The van der Waals surface area contributed by atoms with Crippen molar-refractivity contribution in [3.8, 4) is 0 Å². The molecule has 1 radical (unpaired) electrons. The highest BCUT2D eigenvalue weighted by molar-refractivity contribution is 6.01. The number of nitrogens with zero attached hydrogens (tertiary/aromatic N) is 2. The molecule has 0 aromatic rings. The van der Waals surface area contributed by atoms with Gasteiger partial charge in [0, 0.05) is 6.20 Å². The zero-order chi connectivity index (χ0) is 7.40. The molecule has 4 nitrogen and oxygen atoms in total. The predicted molar refractivity (Wildman–Crippen MR) is 37.4 cm³/mol. The molecule has 2 N–H and O–H groups in total. The molecule has 0 aliphatic carbocycles. The van der Waals surface area contributed by atoms with E-state index in [2.05, 4.69) is 10.3 Å². The summed E-state index contributed by atoms with van der Waals surface area (Å²) in [4.78, 5) is 13.6. The van der Waals surface area contributed by atoms with Crippen LogP contribution in [-0.2, 0) is 0 Å². The molecule has 0 aromatic heterocycles. The van der Waals surface area contributed by atoms with E-state index < -0.39 is 6.03 Å². The van der Waals surface area contributed by atoms with Crippen molar-refractivity contribution in [2.24, 2.45) is 10.7 Å². The van der Waals surface area contributed by atoms with Gasteiger partial charge in [0.05, 0.1) is 0 Å². The lowest BCUT2D eigenvalue weighted by Gasteiger charge is -1.97. The van der Waals surface area contributed by atoms with Gasteiger partial charge in [-0.05, 0) is 12.2 Å². The summed E-state index contributed by atoms with van der Waals surface area (Å²) in [6.45, 7) is 0. The van der Waals surface area contributed by atoms with Crippen LogP contribution in [0.1, 0.15) is 0 Å². The first-order chi connectivity index (χ1) is 4.79. The maximum absolute atomic E-state index is 10.2. The Bertz CT molecular complexity index is 227. The Morgan fingerprint density at radius 3 is 2.90 bits per heavy atom. The third kappa shape index (κ3) is 1.74. The second kappa shape index (κ2) is 2.82. The van der Waals surface area contributed by atoms with Crippen molar-refractivity contribution in [3.63, 3.8) is 0 Å². The molecule has 1 heterocycles. The second-order valence-electron chi connectivity index (χ2n) is 1.64. The molecule has 0 spiro atoms. The van der Waals surface area contributed by atoms with Crippen molar-refractivity contribution in [2.75, 3.05) is 0 Å². The third-order valence-corrected chi connectivity index (χ3v) is 0.874. The number of hydrogen-bond donors (Lipinski definition) is 1. The van der Waals surface area contributed by atoms with Crippen LogP contribution in [0.3, 0.4) is 0 Å². The Labute approximate surface area is 58.1 Å². The zero-order valence-corrected chi connectivity index (χ0v) is 5.19. The van der Waals surface area contributed by atoms with Gasteiger partial charge in [0.2, 0.25) is 0 Å². The normalized spacial score (nSPS) is 19.0. The van der Waals surface area contributed by atoms with Crippen LogP contribution in [0, 0.1) is 0 Å². The van der Waals surface area contributed by atoms with E-state index in [1.165, 1.54) is 0 Å². The Kier molecular flexibility index (Phi) is 1.84. The fraction of sp³-hybridized carbons (Fsp3) is 0. The molecule has 0 atom stereocenters. The van der Waals surface area contributed by atoms with Gasteiger partial charge in [0.25, 0.3) is 0 Å². The standard InChI is InChI=1S/C6H6N3O/c7-6(10)9-5-3-1-2-4-8-5/h1-4H,(H2,7,10)/b9-5-. The van der Waals surface area contributed by atoms with Gasteiger partial charge in [-0.15, -0.1) is 0 Å². The van der Waals surface area contributed by atoms with Gasteiger partial charge in [0.1, 0.15) is 0 Å². The smallest absolute Gasteiger partial charge is 0.340 e. The summed E-state index contributed by atoms with van der Waals surface area (Å²) in [5, 5.41) is 3.75. The molecule has 0 fully saturated rings. The van der Waals surface area contributed by atoms with Gasteiger partial charge in [-0.3, -0.25) is 0 Å². The van der Waals surface area contributed by atoms with Crippen molar-refractivity contribution < 1.29 is 4.79 Å². The van der Waals surface area contributed by atoms with Crippen LogP contribution in [0.4, 0.5) is 4.79 Å². The minimum atomic E-state index is -0.723. The molecule has 1 aliphatic heterocycles. The Hall–Kier alpha value is -1.58. The van der Waals surface area contributed by atoms with E-state index in [-0.39, 0.29) is 0 Å². The fourth-order valence-corrected chi connectivity index (χ4v) is 0.533. The van der Waals surface area contributed by atoms with Crippen LogP contribution in [0.5, 0.6) is 0 Å². The SMILES string of the molecule is NC(=O)/N=C1/C=CC=C[N]1. The second-order valence-corrected chi connectivity index (χ2v) is 1.64. The fourth-order valence-electron chi connectivity index (χ4n) is 0.533. The number of hydrogen-bond acceptors (Lipinski definition) is 1. The summed E-state index contributed by atoms with van der Waals surface area (Å²) in [7, 11) is 0. The zero-order valence-electron chi connectivity index (χ0n) is 5.19. The van der Waals surface area contributed by atoms with E-state index in [1.54, 1.807) is 24.4 Å². The lowest BCUT2D eigenvalue weighted by atomic mass is 10.4. The molecular weight excluding hydrogens is 130 g/mol. The number of rotatable bonds is 0. The molecule has 0 saturated heterocycles. The molecule has 1 aliphatic rings. The van der Waals surface area contributed by atoms with E-state index in [0.717, 1.165) is 0 Å². The van der Waals surface area contributed by atoms with Crippen molar-refractivity contribution in [2.45, 2.75) is 0 Å². The van der Waals surface area contributed by atoms with Crippen molar-refractivity contribution in [3.05, 3.63) is 24.4 Å². The minimum Gasteiger partial charge on any atom is -0.350 e. The number of urea groups is 1. The number of carbonyl (C=O) groups is 1. The van der Waals surface area contributed by atoms with Crippen LogP contribution in [-0.4, -0.2) is 11.9 Å². The maximum atomic E-state index is 10.2. The quantitative estimate of drug-likeness (QED) is 0.506. The minimum absolute atomic E-state index is 0.343. The van der Waals surface area contributed by atoms with Crippen LogP contribution in [0.15, 0.2) is 29.4 Å². The molecule has 0 aromatic carbocycles. The molecule has 10 heavy (non-hydrogen) atoms. The van der Waals surface area contributed by atoms with Crippen LogP contribution in [0.25, 0.3) is 0 Å². The van der Waals surface area contributed by atoms with Crippen molar-refractivity contribution in [1.29, 1.82) is 0 Å². The highest BCUT2D eigenvalue weighted by Gasteiger charge is 1.96. The van der Waals surface area contributed by atoms with Gasteiger partial charge in [0.15, 0.2) is 5.84 Å². The number of primary amides is 1. The Morgan fingerprint density at radius 2 is 2.40 bits per heavy atom. The summed E-state index contributed by atoms with van der Waals surface area (Å²) in [6, 6.07) is -0.723. The molecule has 0 unspecified atom stereocenters. The molecule has 4 heteroatoms. The lowest BCUT2D eigenvalue weighted by molar-refractivity contribution is 0.256. The molecular formula is C6H6N3O. The number of nitrogens with two attached hydrogens (primary N) is 1.